The van der Waals surface area contributed by atoms with Crippen molar-refractivity contribution >= 4 is 17.0 Å². The van der Waals surface area contributed by atoms with Crippen molar-refractivity contribution in [1.82, 2.24) is 19.4 Å². The molecule has 1 aromatic carbocycles. The number of carbonyl (C=O) groups is 1. The first kappa shape index (κ1) is 28.0. The van der Waals surface area contributed by atoms with E-state index in [-0.39, 0.29) is 17.6 Å². The Kier molecular flexibility index (Phi) is 9.02. The summed E-state index contributed by atoms with van der Waals surface area (Å²) in [7, 11) is 1.75. The number of benzene rings is 1. The molecule has 3 atom stereocenters. The van der Waals surface area contributed by atoms with Gasteiger partial charge in [0.2, 0.25) is 0 Å². The molecular weight excluding hydrogens is 484 g/mol. The van der Waals surface area contributed by atoms with Gasteiger partial charge in [-0.25, -0.2) is 4.98 Å². The molecule has 1 saturated heterocycles. The number of imidazole rings is 1. The van der Waals surface area contributed by atoms with E-state index in [4.69, 9.17) is 14.5 Å². The number of esters is 1. The first-order valence-electron chi connectivity index (χ1n) is 13.5. The lowest BCUT2D eigenvalue weighted by atomic mass is 10.1. The number of ether oxygens (including phenoxy) is 2. The number of aryl methyl sites for hydroxylation is 2. The summed E-state index contributed by atoms with van der Waals surface area (Å²) in [4.78, 5) is 29.8. The summed E-state index contributed by atoms with van der Waals surface area (Å²) < 4.78 is 15.2. The molecule has 2 aromatic heterocycles. The van der Waals surface area contributed by atoms with Gasteiger partial charge in [0.15, 0.2) is 0 Å². The number of aliphatic hydroxyl groups excluding tert-OH is 1. The fourth-order valence-electron chi connectivity index (χ4n) is 4.86. The maximum absolute atomic E-state index is 12.5. The van der Waals surface area contributed by atoms with Crippen LogP contribution in [0.3, 0.4) is 0 Å². The van der Waals surface area contributed by atoms with Crippen molar-refractivity contribution in [1.29, 1.82) is 0 Å². The smallest absolute Gasteiger partial charge is 0.325 e. The molecule has 3 heterocycles. The van der Waals surface area contributed by atoms with Crippen LogP contribution >= 0.6 is 0 Å². The Morgan fingerprint density at radius 2 is 2.05 bits per heavy atom. The summed E-state index contributed by atoms with van der Waals surface area (Å²) in [6.45, 7) is 9.44. The average molecular weight is 525 g/mol. The lowest BCUT2D eigenvalue weighted by Gasteiger charge is -2.24. The zero-order valence-corrected chi connectivity index (χ0v) is 23.1. The van der Waals surface area contributed by atoms with Gasteiger partial charge in [-0.1, -0.05) is 19.9 Å². The van der Waals surface area contributed by atoms with Crippen LogP contribution in [-0.4, -0.2) is 56.7 Å². The Labute approximate surface area is 223 Å². The minimum Gasteiger partial charge on any atom is -0.464 e. The number of carbonyl (C=O) groups excluding carboxylic acids is 1. The molecule has 0 bridgehead atoms. The molecule has 0 unspecified atom stereocenters. The molecule has 0 aliphatic carbocycles. The number of hydrogen-bond acceptors (Lipinski definition) is 7. The van der Waals surface area contributed by atoms with Crippen molar-refractivity contribution < 1.29 is 19.4 Å². The molecule has 0 saturated carbocycles. The van der Waals surface area contributed by atoms with Crippen molar-refractivity contribution in [2.45, 2.75) is 78.3 Å². The first-order chi connectivity index (χ1) is 18.1. The summed E-state index contributed by atoms with van der Waals surface area (Å²) in [6.07, 6.45) is 4.22. The van der Waals surface area contributed by atoms with Gasteiger partial charge in [0.1, 0.15) is 11.9 Å². The van der Waals surface area contributed by atoms with Crippen molar-refractivity contribution in [2.75, 3.05) is 13.2 Å². The van der Waals surface area contributed by atoms with Gasteiger partial charge in [-0.3, -0.25) is 14.9 Å². The van der Waals surface area contributed by atoms with Gasteiger partial charge in [0.05, 0.1) is 36.4 Å². The fourth-order valence-corrected chi connectivity index (χ4v) is 4.86. The largest absolute Gasteiger partial charge is 0.464 e. The third-order valence-corrected chi connectivity index (χ3v) is 6.91. The number of hydrogen-bond donors (Lipinski definition) is 2. The van der Waals surface area contributed by atoms with Crippen LogP contribution in [0, 0.1) is 12.8 Å². The van der Waals surface area contributed by atoms with Crippen LogP contribution in [0.2, 0.25) is 0 Å². The van der Waals surface area contributed by atoms with Crippen LogP contribution in [0.1, 0.15) is 51.2 Å². The lowest BCUT2D eigenvalue weighted by Crippen LogP contribution is -2.45. The summed E-state index contributed by atoms with van der Waals surface area (Å²) in [5.41, 5.74) is 4.26. The van der Waals surface area contributed by atoms with Crippen LogP contribution in [-0.2, 0) is 34.4 Å². The van der Waals surface area contributed by atoms with Gasteiger partial charge in [-0.15, -0.1) is 0 Å². The van der Waals surface area contributed by atoms with Crippen LogP contribution in [0.4, 0.5) is 0 Å². The normalized spacial score (nSPS) is 17.6. The SMILES string of the molecule is Cc1cc(-c2nc3ccc(CN[C@H](C(=O)OCC(C)C)[C@@H](C)O)cc3n2C[C@H]2CCCCO2)cn(C)c1=O. The molecule has 2 N–H and O–H groups in total. The van der Waals surface area contributed by atoms with E-state index in [9.17, 15) is 14.7 Å². The first-order valence-corrected chi connectivity index (χ1v) is 13.5. The van der Waals surface area contributed by atoms with E-state index in [1.54, 1.807) is 18.5 Å². The highest BCUT2D eigenvalue weighted by molar-refractivity contribution is 5.81. The predicted molar refractivity (Wildman–Crippen MR) is 147 cm³/mol. The second-order valence-electron chi connectivity index (χ2n) is 10.8. The van der Waals surface area contributed by atoms with E-state index >= 15 is 0 Å². The third-order valence-electron chi connectivity index (χ3n) is 6.91. The number of rotatable bonds is 10. The van der Waals surface area contributed by atoms with E-state index in [2.05, 4.69) is 16.0 Å². The quantitative estimate of drug-likeness (QED) is 0.392. The standard InChI is InChI=1S/C29H40N4O5/c1-18(2)17-38-29(36)26(20(4)34)30-14-21-9-10-24-25(13-21)33(16-23-8-6-7-11-37-23)27(31-24)22-12-19(3)28(35)32(5)15-22/h9-10,12-13,15,18,20,23,26,30,34H,6-8,11,14,16-17H2,1-5H3/t20-,23-,26+/m1/s1. The van der Waals surface area contributed by atoms with Gasteiger partial charge in [-0.05, 0) is 62.8 Å². The van der Waals surface area contributed by atoms with Crippen molar-refractivity contribution in [3.05, 3.63) is 51.9 Å². The van der Waals surface area contributed by atoms with E-state index in [0.29, 0.717) is 25.3 Å². The molecule has 206 valence electrons. The van der Waals surface area contributed by atoms with E-state index < -0.39 is 18.1 Å². The molecule has 0 spiro atoms. The minimum atomic E-state index is -0.896. The number of fused-ring (bicyclic) bond motifs is 1. The zero-order valence-electron chi connectivity index (χ0n) is 23.1. The van der Waals surface area contributed by atoms with Crippen molar-refractivity contribution in [3.8, 4) is 11.4 Å². The van der Waals surface area contributed by atoms with Crippen molar-refractivity contribution in [2.24, 2.45) is 13.0 Å². The minimum absolute atomic E-state index is 0.0278. The van der Waals surface area contributed by atoms with E-state index in [0.717, 1.165) is 53.9 Å². The monoisotopic (exact) mass is 524 g/mol. The van der Waals surface area contributed by atoms with E-state index in [1.807, 2.05) is 45.2 Å². The van der Waals surface area contributed by atoms with Gasteiger partial charge < -0.3 is 23.7 Å². The van der Waals surface area contributed by atoms with Gasteiger partial charge >= 0.3 is 5.97 Å². The van der Waals surface area contributed by atoms with Gasteiger partial charge in [0.25, 0.3) is 5.56 Å². The average Bonchev–Trinajstić information content (AvgIpc) is 3.23. The van der Waals surface area contributed by atoms with Crippen LogP contribution in [0.15, 0.2) is 35.3 Å². The third kappa shape index (κ3) is 6.51. The molecule has 4 rings (SSSR count). The van der Waals surface area contributed by atoms with Gasteiger partial charge in [-0.2, -0.15) is 0 Å². The summed E-state index contributed by atoms with van der Waals surface area (Å²) in [6, 6.07) is 7.07. The molecule has 0 amide bonds. The maximum atomic E-state index is 12.5. The Bertz CT molecular complexity index is 1290. The number of aliphatic hydroxyl groups is 1. The molecule has 1 aliphatic heterocycles. The maximum Gasteiger partial charge on any atom is 0.325 e. The number of aromatic nitrogens is 3. The lowest BCUT2D eigenvalue weighted by molar-refractivity contribution is -0.150. The molecule has 1 fully saturated rings. The summed E-state index contributed by atoms with van der Waals surface area (Å²) in [5.74, 6) is 0.549. The summed E-state index contributed by atoms with van der Waals surface area (Å²) in [5, 5.41) is 13.4. The Hall–Kier alpha value is -3.01. The Morgan fingerprint density at radius 3 is 2.71 bits per heavy atom. The highest BCUT2D eigenvalue weighted by Crippen LogP contribution is 2.28. The van der Waals surface area contributed by atoms with Crippen LogP contribution < -0.4 is 10.9 Å². The number of pyridine rings is 1. The highest BCUT2D eigenvalue weighted by Gasteiger charge is 2.25. The van der Waals surface area contributed by atoms with Crippen LogP contribution in [0.5, 0.6) is 0 Å². The van der Waals surface area contributed by atoms with Crippen LogP contribution in [0.25, 0.3) is 22.4 Å². The predicted octanol–water partition coefficient (Wildman–Crippen LogP) is 3.32. The van der Waals surface area contributed by atoms with E-state index in [1.165, 1.54) is 0 Å². The Balaban J connectivity index is 1.66. The molecule has 1 aliphatic rings. The molecular formula is C29H40N4O5. The topological polar surface area (TPSA) is 108 Å². The number of nitrogens with zero attached hydrogens (tertiary/aromatic N) is 3. The van der Waals surface area contributed by atoms with Gasteiger partial charge in [0, 0.05) is 37.5 Å². The number of nitrogens with one attached hydrogen (secondary N) is 1. The molecule has 3 aromatic rings. The molecule has 38 heavy (non-hydrogen) atoms. The van der Waals surface area contributed by atoms with Crippen molar-refractivity contribution in [3.63, 3.8) is 0 Å². The summed E-state index contributed by atoms with van der Waals surface area (Å²) >= 11 is 0. The highest BCUT2D eigenvalue weighted by atomic mass is 16.5. The molecule has 0 radical (unpaired) electrons. The zero-order chi connectivity index (χ0) is 27.4. The molecule has 9 heteroatoms. The Morgan fingerprint density at radius 1 is 1.26 bits per heavy atom. The molecule has 9 nitrogen and oxygen atoms in total. The fraction of sp³-hybridized carbons (Fsp3) is 0.552. The second kappa shape index (κ2) is 12.2. The second-order valence-corrected chi connectivity index (χ2v) is 10.8.